The zero-order valence-corrected chi connectivity index (χ0v) is 12.2. The summed E-state index contributed by atoms with van der Waals surface area (Å²) in [5, 5.41) is 6.45. The van der Waals surface area contributed by atoms with Gasteiger partial charge in [0.15, 0.2) is 0 Å². The first-order valence-electron chi connectivity index (χ1n) is 6.83. The molecule has 0 saturated heterocycles. The van der Waals surface area contributed by atoms with Crippen LogP contribution in [-0.2, 0) is 16.0 Å². The summed E-state index contributed by atoms with van der Waals surface area (Å²) in [7, 11) is 0. The summed E-state index contributed by atoms with van der Waals surface area (Å²) in [4.78, 5) is 23.3. The highest BCUT2D eigenvalue weighted by atomic mass is 16.3. The molecule has 0 spiro atoms. The van der Waals surface area contributed by atoms with Gasteiger partial charge in [-0.1, -0.05) is 30.3 Å². The van der Waals surface area contributed by atoms with E-state index in [1.165, 1.54) is 6.26 Å². The van der Waals surface area contributed by atoms with E-state index in [0.717, 1.165) is 5.56 Å². The van der Waals surface area contributed by atoms with Crippen LogP contribution in [0.3, 0.4) is 0 Å². The van der Waals surface area contributed by atoms with Gasteiger partial charge < -0.3 is 9.73 Å². The van der Waals surface area contributed by atoms with Gasteiger partial charge in [-0.2, -0.15) is 5.10 Å². The van der Waals surface area contributed by atoms with Crippen LogP contribution in [-0.4, -0.2) is 24.1 Å². The molecule has 0 aliphatic carbocycles. The maximum absolute atomic E-state index is 11.7. The molecule has 0 unspecified atom stereocenters. The van der Waals surface area contributed by atoms with E-state index in [4.69, 9.17) is 4.42 Å². The maximum Gasteiger partial charge on any atom is 0.259 e. The van der Waals surface area contributed by atoms with Crippen molar-refractivity contribution in [3.8, 4) is 0 Å². The van der Waals surface area contributed by atoms with Gasteiger partial charge in [0.05, 0.1) is 19.2 Å². The Morgan fingerprint density at radius 3 is 2.55 bits per heavy atom. The van der Waals surface area contributed by atoms with Crippen molar-refractivity contribution in [3.05, 3.63) is 60.1 Å². The second kappa shape index (κ2) is 7.78. The fraction of sp³-hybridized carbons (Fsp3) is 0.188. The molecule has 0 aliphatic rings. The van der Waals surface area contributed by atoms with Gasteiger partial charge in [0.1, 0.15) is 11.5 Å². The third kappa shape index (κ3) is 4.90. The molecule has 22 heavy (non-hydrogen) atoms. The molecule has 114 valence electrons. The van der Waals surface area contributed by atoms with E-state index >= 15 is 0 Å². The summed E-state index contributed by atoms with van der Waals surface area (Å²) in [5.41, 5.74) is 3.81. The lowest BCUT2D eigenvalue weighted by Crippen LogP contribution is -2.36. The topological polar surface area (TPSA) is 83.7 Å². The lowest BCUT2D eigenvalue weighted by molar-refractivity contribution is -0.125. The Balaban J connectivity index is 1.73. The molecule has 2 N–H and O–H groups in total. The summed E-state index contributed by atoms with van der Waals surface area (Å²) in [6, 6.07) is 12.8. The molecule has 0 aliphatic heterocycles. The molecule has 0 saturated carbocycles. The molecule has 1 aromatic heterocycles. The van der Waals surface area contributed by atoms with Crippen LogP contribution in [0.2, 0.25) is 0 Å². The van der Waals surface area contributed by atoms with Crippen molar-refractivity contribution in [2.24, 2.45) is 5.10 Å². The summed E-state index contributed by atoms with van der Waals surface area (Å²) >= 11 is 0. The van der Waals surface area contributed by atoms with Crippen molar-refractivity contribution in [3.63, 3.8) is 0 Å². The van der Waals surface area contributed by atoms with E-state index in [9.17, 15) is 9.59 Å². The lowest BCUT2D eigenvalue weighted by atomic mass is 10.1. The van der Waals surface area contributed by atoms with Crippen LogP contribution in [0.4, 0.5) is 0 Å². The average Bonchev–Trinajstić information content (AvgIpc) is 3.06. The number of furan rings is 1. The van der Waals surface area contributed by atoms with Gasteiger partial charge in [-0.3, -0.25) is 9.59 Å². The summed E-state index contributed by atoms with van der Waals surface area (Å²) in [6.45, 7) is 1.59. The van der Waals surface area contributed by atoms with E-state index in [-0.39, 0.29) is 18.9 Å². The fourth-order valence-electron chi connectivity index (χ4n) is 1.75. The number of hydrazone groups is 1. The maximum atomic E-state index is 11.7. The van der Waals surface area contributed by atoms with Crippen LogP contribution in [0.15, 0.2) is 58.2 Å². The van der Waals surface area contributed by atoms with E-state index in [0.29, 0.717) is 11.5 Å². The van der Waals surface area contributed by atoms with Crippen LogP contribution in [0, 0.1) is 0 Å². The van der Waals surface area contributed by atoms with Crippen LogP contribution in [0.1, 0.15) is 18.2 Å². The molecule has 2 rings (SSSR count). The van der Waals surface area contributed by atoms with E-state index in [1.807, 2.05) is 30.3 Å². The van der Waals surface area contributed by atoms with Gasteiger partial charge in [-0.15, -0.1) is 0 Å². The Morgan fingerprint density at radius 1 is 1.09 bits per heavy atom. The minimum absolute atomic E-state index is 0.124. The predicted octanol–water partition coefficient (Wildman–Crippen LogP) is 1.48. The van der Waals surface area contributed by atoms with Gasteiger partial charge in [0.2, 0.25) is 5.91 Å². The number of hydrogen-bond donors (Lipinski definition) is 2. The molecule has 1 heterocycles. The molecule has 2 aromatic rings. The summed E-state index contributed by atoms with van der Waals surface area (Å²) in [5.74, 6) is -0.0335. The summed E-state index contributed by atoms with van der Waals surface area (Å²) < 4.78 is 5.14. The SMILES string of the molecule is C/C(=N/NC(=O)CNC(=O)Cc1ccccc1)c1ccco1. The highest BCUT2D eigenvalue weighted by Crippen LogP contribution is 2.01. The minimum atomic E-state index is -0.396. The minimum Gasteiger partial charge on any atom is -0.463 e. The second-order valence-electron chi connectivity index (χ2n) is 4.65. The van der Waals surface area contributed by atoms with Gasteiger partial charge in [0.25, 0.3) is 5.91 Å². The van der Waals surface area contributed by atoms with Crippen LogP contribution in [0.5, 0.6) is 0 Å². The van der Waals surface area contributed by atoms with E-state index < -0.39 is 5.91 Å². The molecule has 0 fully saturated rings. The first-order chi connectivity index (χ1) is 10.6. The number of benzene rings is 1. The molecular weight excluding hydrogens is 282 g/mol. The monoisotopic (exact) mass is 299 g/mol. The van der Waals surface area contributed by atoms with Crippen LogP contribution >= 0.6 is 0 Å². The smallest absolute Gasteiger partial charge is 0.259 e. The largest absolute Gasteiger partial charge is 0.463 e. The highest BCUT2D eigenvalue weighted by Gasteiger charge is 2.06. The van der Waals surface area contributed by atoms with E-state index in [1.54, 1.807) is 19.1 Å². The van der Waals surface area contributed by atoms with E-state index in [2.05, 4.69) is 15.8 Å². The molecule has 0 radical (unpaired) electrons. The van der Waals surface area contributed by atoms with Crippen LogP contribution < -0.4 is 10.7 Å². The molecule has 2 amide bonds. The zero-order chi connectivity index (χ0) is 15.8. The van der Waals surface area contributed by atoms with Crippen molar-refractivity contribution in [1.29, 1.82) is 0 Å². The number of carbonyl (C=O) groups excluding carboxylic acids is 2. The molecule has 6 nitrogen and oxygen atoms in total. The van der Waals surface area contributed by atoms with Crippen molar-refractivity contribution >= 4 is 17.5 Å². The first-order valence-corrected chi connectivity index (χ1v) is 6.83. The third-order valence-electron chi connectivity index (χ3n) is 2.88. The Labute approximate surface area is 128 Å². The first kappa shape index (κ1) is 15.5. The van der Waals surface area contributed by atoms with Gasteiger partial charge in [0, 0.05) is 0 Å². The Kier molecular flexibility index (Phi) is 5.48. The van der Waals surface area contributed by atoms with Crippen molar-refractivity contribution in [2.45, 2.75) is 13.3 Å². The molecule has 1 aromatic carbocycles. The average molecular weight is 299 g/mol. The molecular formula is C16H17N3O3. The van der Waals surface area contributed by atoms with Crippen LogP contribution in [0.25, 0.3) is 0 Å². The number of hydrogen-bond acceptors (Lipinski definition) is 4. The Hall–Kier alpha value is -2.89. The van der Waals surface area contributed by atoms with Gasteiger partial charge in [-0.05, 0) is 24.6 Å². The zero-order valence-electron chi connectivity index (χ0n) is 12.2. The quantitative estimate of drug-likeness (QED) is 0.626. The normalized spacial score (nSPS) is 11.0. The molecule has 0 bridgehead atoms. The number of nitrogens with zero attached hydrogens (tertiary/aromatic N) is 1. The van der Waals surface area contributed by atoms with Gasteiger partial charge in [-0.25, -0.2) is 5.43 Å². The number of rotatable bonds is 6. The van der Waals surface area contributed by atoms with Crippen molar-refractivity contribution in [2.75, 3.05) is 6.54 Å². The number of carbonyl (C=O) groups is 2. The van der Waals surface area contributed by atoms with Gasteiger partial charge >= 0.3 is 0 Å². The summed E-state index contributed by atoms with van der Waals surface area (Å²) in [6.07, 6.45) is 1.77. The highest BCUT2D eigenvalue weighted by molar-refractivity contribution is 5.97. The molecule has 6 heteroatoms. The Bertz CT molecular complexity index is 649. The second-order valence-corrected chi connectivity index (χ2v) is 4.65. The number of amides is 2. The number of nitrogens with one attached hydrogen (secondary N) is 2. The molecule has 0 atom stereocenters. The lowest BCUT2D eigenvalue weighted by Gasteiger charge is -2.04. The standard InChI is InChI=1S/C16H17N3O3/c1-12(14-8-5-9-22-14)18-19-16(21)11-17-15(20)10-13-6-3-2-4-7-13/h2-9H,10-11H2,1H3,(H,17,20)(H,19,21)/b18-12-. The third-order valence-corrected chi connectivity index (χ3v) is 2.88. The van der Waals surface area contributed by atoms with Crippen molar-refractivity contribution < 1.29 is 14.0 Å². The fourth-order valence-corrected chi connectivity index (χ4v) is 1.75. The predicted molar refractivity (Wildman–Crippen MR) is 82.2 cm³/mol. The van der Waals surface area contributed by atoms with Crippen molar-refractivity contribution in [1.82, 2.24) is 10.7 Å². The Morgan fingerprint density at radius 2 is 1.86 bits per heavy atom.